The van der Waals surface area contributed by atoms with Crippen LogP contribution in [0.2, 0.25) is 0 Å². The number of fused-ring (bicyclic) bond motifs is 1. The fourth-order valence-electron chi connectivity index (χ4n) is 3.71. The predicted octanol–water partition coefficient (Wildman–Crippen LogP) is 5.25. The summed E-state index contributed by atoms with van der Waals surface area (Å²) >= 11 is 0. The van der Waals surface area contributed by atoms with Gasteiger partial charge in [-0.3, -0.25) is 0 Å². The largest absolute Gasteiger partial charge is 0.478 e. The molecule has 0 saturated heterocycles. The molecule has 0 fully saturated rings. The first kappa shape index (κ1) is 20.9. The molecule has 6 nitrogen and oxygen atoms in total. The molecule has 1 unspecified atom stereocenters. The van der Waals surface area contributed by atoms with E-state index in [4.69, 9.17) is 4.74 Å². The number of carboxylic acids is 2. The van der Waals surface area contributed by atoms with E-state index in [-0.39, 0.29) is 22.8 Å². The van der Waals surface area contributed by atoms with E-state index in [1.54, 1.807) is 0 Å². The van der Waals surface area contributed by atoms with Crippen LogP contribution in [0.4, 0.5) is 0 Å². The highest BCUT2D eigenvalue weighted by Crippen LogP contribution is 2.43. The molecule has 1 aromatic carbocycles. The Morgan fingerprint density at radius 1 is 1.00 bits per heavy atom. The van der Waals surface area contributed by atoms with Crippen LogP contribution in [0.1, 0.15) is 114 Å². The summed E-state index contributed by atoms with van der Waals surface area (Å²) < 4.78 is 5.10. The maximum atomic E-state index is 11.8. The molecule has 0 amide bonds. The van der Waals surface area contributed by atoms with Crippen LogP contribution in [0.25, 0.3) is 0 Å². The Kier molecular flexibility index (Phi) is 7.39. The van der Waals surface area contributed by atoms with Gasteiger partial charge in [0.2, 0.25) is 0 Å². The van der Waals surface area contributed by atoms with Crippen LogP contribution in [0.15, 0.2) is 6.07 Å². The molecule has 0 aromatic heterocycles. The van der Waals surface area contributed by atoms with Crippen molar-refractivity contribution in [3.8, 4) is 5.75 Å². The molecular weight excluding hydrogens is 348 g/mol. The first-order valence-electron chi connectivity index (χ1n) is 9.81. The number of rotatable bonds is 12. The summed E-state index contributed by atoms with van der Waals surface area (Å²) in [5.41, 5.74) is -0.273. The van der Waals surface area contributed by atoms with Crippen molar-refractivity contribution >= 4 is 17.9 Å². The van der Waals surface area contributed by atoms with E-state index in [9.17, 15) is 24.6 Å². The Balaban J connectivity index is 2.16. The van der Waals surface area contributed by atoms with Gasteiger partial charge in [-0.1, -0.05) is 58.8 Å². The van der Waals surface area contributed by atoms with Gasteiger partial charge in [-0.25, -0.2) is 14.4 Å². The zero-order valence-corrected chi connectivity index (χ0v) is 16.0. The normalized spacial score (nSPS) is 13.5. The average Bonchev–Trinajstić information content (AvgIpc) is 2.62. The smallest absolute Gasteiger partial charge is 0.348 e. The van der Waals surface area contributed by atoms with Crippen LogP contribution < -0.4 is 4.74 Å². The highest BCUT2D eigenvalue weighted by molar-refractivity contribution is 6.15. The van der Waals surface area contributed by atoms with Gasteiger partial charge in [-0.15, -0.1) is 0 Å². The second-order valence-corrected chi connectivity index (χ2v) is 7.11. The Labute approximate surface area is 159 Å². The van der Waals surface area contributed by atoms with E-state index in [2.05, 4.69) is 6.92 Å². The van der Waals surface area contributed by atoms with E-state index in [0.717, 1.165) is 25.7 Å². The molecule has 0 radical (unpaired) electrons. The zero-order valence-electron chi connectivity index (χ0n) is 16.0. The number of ether oxygens (including phenoxy) is 1. The molecule has 1 aromatic rings. The van der Waals surface area contributed by atoms with Gasteiger partial charge in [0.15, 0.2) is 0 Å². The zero-order chi connectivity index (χ0) is 20.0. The quantitative estimate of drug-likeness (QED) is 0.382. The summed E-state index contributed by atoms with van der Waals surface area (Å²) in [7, 11) is 0. The van der Waals surface area contributed by atoms with Gasteiger partial charge in [0.05, 0.1) is 11.1 Å². The molecule has 1 atom stereocenters. The Morgan fingerprint density at radius 2 is 1.63 bits per heavy atom. The standard InChI is InChI=1S/C21H28O6/c1-3-5-6-7-8-9-10-11-13(4-2)14-12-15(19(22)23)16(20(24)25)17-18(14)27-21(17)26/h12-13H,3-11H2,1-2H3,(H,22,23)(H,24,25). The monoisotopic (exact) mass is 376 g/mol. The molecule has 1 heterocycles. The molecule has 0 saturated carbocycles. The summed E-state index contributed by atoms with van der Waals surface area (Å²) in [6.07, 6.45) is 9.91. The third-order valence-electron chi connectivity index (χ3n) is 5.24. The number of carbonyl (C=O) groups excluding carboxylic acids is 1. The van der Waals surface area contributed by atoms with Gasteiger partial charge in [0, 0.05) is 0 Å². The maximum absolute atomic E-state index is 11.8. The molecule has 148 valence electrons. The molecule has 2 N–H and O–H groups in total. The van der Waals surface area contributed by atoms with E-state index in [0.29, 0.717) is 5.56 Å². The molecule has 1 aliphatic heterocycles. The third-order valence-corrected chi connectivity index (χ3v) is 5.24. The van der Waals surface area contributed by atoms with Gasteiger partial charge in [0.1, 0.15) is 11.3 Å². The molecule has 0 spiro atoms. The van der Waals surface area contributed by atoms with E-state index in [1.807, 2.05) is 6.92 Å². The lowest BCUT2D eigenvalue weighted by atomic mass is 9.84. The predicted molar refractivity (Wildman–Crippen MR) is 101 cm³/mol. The average molecular weight is 376 g/mol. The van der Waals surface area contributed by atoms with E-state index >= 15 is 0 Å². The van der Waals surface area contributed by atoms with Crippen molar-refractivity contribution in [1.82, 2.24) is 0 Å². The fraction of sp³-hybridized carbons (Fsp3) is 0.571. The second-order valence-electron chi connectivity index (χ2n) is 7.11. The molecular formula is C21H28O6. The Morgan fingerprint density at radius 3 is 2.15 bits per heavy atom. The minimum absolute atomic E-state index is 0.0448. The minimum atomic E-state index is -1.42. The fourth-order valence-corrected chi connectivity index (χ4v) is 3.71. The van der Waals surface area contributed by atoms with Crippen LogP contribution in [-0.4, -0.2) is 28.1 Å². The molecule has 6 heteroatoms. The SMILES string of the molecule is CCCCCCCCCC(CC)c1cc(C(=O)O)c(C(=O)O)c2c1OC2=O. The molecule has 2 rings (SSSR count). The number of unbranched alkanes of at least 4 members (excludes halogenated alkanes) is 6. The van der Waals surface area contributed by atoms with Crippen LogP contribution >= 0.6 is 0 Å². The highest BCUT2D eigenvalue weighted by atomic mass is 16.6. The van der Waals surface area contributed by atoms with Crippen molar-refractivity contribution in [2.24, 2.45) is 0 Å². The molecule has 0 aliphatic carbocycles. The lowest BCUT2D eigenvalue weighted by Gasteiger charge is -2.28. The lowest BCUT2D eigenvalue weighted by molar-refractivity contribution is 0.0604. The topological polar surface area (TPSA) is 101 Å². The van der Waals surface area contributed by atoms with Crippen molar-refractivity contribution in [1.29, 1.82) is 0 Å². The lowest BCUT2D eigenvalue weighted by Crippen LogP contribution is -2.29. The molecule has 0 bridgehead atoms. The van der Waals surface area contributed by atoms with E-state index in [1.165, 1.54) is 38.2 Å². The summed E-state index contributed by atoms with van der Waals surface area (Å²) in [6.45, 7) is 4.19. The number of carbonyl (C=O) groups is 3. The van der Waals surface area contributed by atoms with Crippen LogP contribution in [0.3, 0.4) is 0 Å². The number of esters is 1. The van der Waals surface area contributed by atoms with Crippen LogP contribution in [0.5, 0.6) is 5.75 Å². The van der Waals surface area contributed by atoms with Gasteiger partial charge in [-0.2, -0.15) is 0 Å². The summed E-state index contributed by atoms with van der Waals surface area (Å²) in [4.78, 5) is 34.8. The number of hydrogen-bond acceptors (Lipinski definition) is 4. The number of benzene rings is 1. The van der Waals surface area contributed by atoms with Crippen molar-refractivity contribution in [2.75, 3.05) is 0 Å². The van der Waals surface area contributed by atoms with Gasteiger partial charge in [-0.05, 0) is 30.4 Å². The van der Waals surface area contributed by atoms with Gasteiger partial charge >= 0.3 is 17.9 Å². The minimum Gasteiger partial charge on any atom is -0.478 e. The number of aromatic carboxylic acids is 2. The highest BCUT2D eigenvalue weighted by Gasteiger charge is 2.39. The number of hydrogen-bond donors (Lipinski definition) is 2. The van der Waals surface area contributed by atoms with Crippen molar-refractivity contribution < 1.29 is 29.3 Å². The summed E-state index contributed by atoms with van der Waals surface area (Å²) in [5.74, 6) is -3.24. The van der Waals surface area contributed by atoms with Crippen molar-refractivity contribution in [3.63, 3.8) is 0 Å². The Bertz CT molecular complexity index is 722. The van der Waals surface area contributed by atoms with Crippen LogP contribution in [-0.2, 0) is 0 Å². The number of carboxylic acid groups (broad SMARTS) is 2. The van der Waals surface area contributed by atoms with Gasteiger partial charge < -0.3 is 14.9 Å². The third kappa shape index (κ3) is 4.67. The first-order chi connectivity index (χ1) is 12.9. The van der Waals surface area contributed by atoms with Crippen molar-refractivity contribution in [3.05, 3.63) is 28.3 Å². The summed E-state index contributed by atoms with van der Waals surface area (Å²) in [6, 6.07) is 1.38. The second kappa shape index (κ2) is 9.53. The Hall–Kier alpha value is -2.37. The molecule has 27 heavy (non-hydrogen) atoms. The summed E-state index contributed by atoms with van der Waals surface area (Å²) in [5, 5.41) is 18.8. The molecule has 1 aliphatic rings. The maximum Gasteiger partial charge on any atom is 0.348 e. The van der Waals surface area contributed by atoms with Crippen molar-refractivity contribution in [2.45, 2.75) is 77.6 Å². The first-order valence-corrected chi connectivity index (χ1v) is 9.81. The van der Waals surface area contributed by atoms with Gasteiger partial charge in [0.25, 0.3) is 0 Å². The van der Waals surface area contributed by atoms with Crippen LogP contribution in [0, 0.1) is 0 Å². The van der Waals surface area contributed by atoms with E-state index < -0.39 is 23.5 Å².